The van der Waals surface area contributed by atoms with E-state index in [1.54, 1.807) is 0 Å². The molecule has 0 saturated heterocycles. The van der Waals surface area contributed by atoms with Crippen LogP contribution in [-0.4, -0.2) is 5.11 Å². The maximum Gasteiger partial charge on any atom is 0.171 e. The SMILES string of the molecule is Cc1ccc([C@H](NC(=S)Nc2cccc(C)c2C)c2ccccc2)cc1. The Morgan fingerprint density at radius 1 is 0.769 bits per heavy atom. The van der Waals surface area contributed by atoms with E-state index < -0.39 is 0 Å². The fourth-order valence-electron chi connectivity index (χ4n) is 2.94. The fourth-order valence-corrected chi connectivity index (χ4v) is 3.17. The number of hydrogen-bond acceptors (Lipinski definition) is 1. The van der Waals surface area contributed by atoms with Gasteiger partial charge < -0.3 is 10.6 Å². The largest absolute Gasteiger partial charge is 0.352 e. The summed E-state index contributed by atoms with van der Waals surface area (Å²) in [7, 11) is 0. The molecule has 0 saturated carbocycles. The molecule has 0 heterocycles. The van der Waals surface area contributed by atoms with E-state index in [9.17, 15) is 0 Å². The number of rotatable bonds is 4. The van der Waals surface area contributed by atoms with Crippen LogP contribution in [-0.2, 0) is 0 Å². The number of nitrogens with one attached hydrogen (secondary N) is 2. The van der Waals surface area contributed by atoms with Crippen molar-refractivity contribution in [3.63, 3.8) is 0 Å². The molecule has 0 amide bonds. The quantitative estimate of drug-likeness (QED) is 0.585. The Morgan fingerprint density at radius 3 is 2.12 bits per heavy atom. The van der Waals surface area contributed by atoms with Gasteiger partial charge in [-0.2, -0.15) is 0 Å². The summed E-state index contributed by atoms with van der Waals surface area (Å²) in [5.41, 5.74) is 7.11. The maximum atomic E-state index is 5.62. The first kappa shape index (κ1) is 18.2. The lowest BCUT2D eigenvalue weighted by Crippen LogP contribution is -2.33. The van der Waals surface area contributed by atoms with Gasteiger partial charge in [0.05, 0.1) is 6.04 Å². The standard InChI is InChI=1S/C23H24N2S/c1-16-12-14-20(15-13-16)22(19-9-5-4-6-10-19)25-23(26)24-21-11-7-8-17(2)18(21)3/h4-15,22H,1-3H3,(H2,24,25,26)/t22-/m1/s1. The summed E-state index contributed by atoms with van der Waals surface area (Å²) >= 11 is 5.62. The Labute approximate surface area is 161 Å². The summed E-state index contributed by atoms with van der Waals surface area (Å²) in [5.74, 6) is 0. The lowest BCUT2D eigenvalue weighted by molar-refractivity contribution is 0.768. The van der Waals surface area contributed by atoms with Crippen LogP contribution in [0.2, 0.25) is 0 Å². The monoisotopic (exact) mass is 360 g/mol. The third kappa shape index (κ3) is 4.30. The van der Waals surface area contributed by atoms with Crippen LogP contribution < -0.4 is 10.6 Å². The van der Waals surface area contributed by atoms with E-state index in [1.165, 1.54) is 27.8 Å². The zero-order chi connectivity index (χ0) is 18.5. The minimum Gasteiger partial charge on any atom is -0.352 e. The Balaban J connectivity index is 1.84. The van der Waals surface area contributed by atoms with E-state index in [0.717, 1.165) is 5.69 Å². The molecule has 26 heavy (non-hydrogen) atoms. The molecule has 3 aromatic carbocycles. The van der Waals surface area contributed by atoms with Crippen LogP contribution in [0.3, 0.4) is 0 Å². The lowest BCUT2D eigenvalue weighted by Gasteiger charge is -2.23. The smallest absolute Gasteiger partial charge is 0.171 e. The van der Waals surface area contributed by atoms with Crippen molar-refractivity contribution in [2.75, 3.05) is 5.32 Å². The molecule has 0 unspecified atom stereocenters. The Hall–Kier alpha value is -2.65. The van der Waals surface area contributed by atoms with Crippen LogP contribution in [0.4, 0.5) is 5.69 Å². The van der Waals surface area contributed by atoms with Gasteiger partial charge in [-0.3, -0.25) is 0 Å². The van der Waals surface area contributed by atoms with Crippen molar-refractivity contribution in [2.45, 2.75) is 26.8 Å². The Kier molecular flexibility index (Phi) is 5.69. The number of thiocarbonyl (C=S) groups is 1. The van der Waals surface area contributed by atoms with Crippen molar-refractivity contribution in [3.05, 3.63) is 101 Å². The van der Waals surface area contributed by atoms with Crippen LogP contribution >= 0.6 is 12.2 Å². The normalized spacial score (nSPS) is 11.7. The van der Waals surface area contributed by atoms with E-state index in [-0.39, 0.29) is 6.04 Å². The number of anilines is 1. The minimum absolute atomic E-state index is 0.00177. The minimum atomic E-state index is 0.00177. The summed E-state index contributed by atoms with van der Waals surface area (Å²) in [4.78, 5) is 0. The first-order chi connectivity index (χ1) is 12.5. The van der Waals surface area contributed by atoms with E-state index in [2.05, 4.69) is 92.1 Å². The maximum absolute atomic E-state index is 5.62. The van der Waals surface area contributed by atoms with Gasteiger partial charge >= 0.3 is 0 Å². The molecule has 0 aliphatic rings. The molecule has 0 fully saturated rings. The summed E-state index contributed by atoms with van der Waals surface area (Å²) in [5, 5.41) is 7.46. The molecule has 0 aliphatic heterocycles. The van der Waals surface area contributed by atoms with Gasteiger partial charge in [-0.05, 0) is 61.3 Å². The van der Waals surface area contributed by atoms with Crippen molar-refractivity contribution in [1.29, 1.82) is 0 Å². The van der Waals surface area contributed by atoms with Crippen LogP contribution in [0, 0.1) is 20.8 Å². The molecular formula is C23H24N2S. The van der Waals surface area contributed by atoms with E-state index in [0.29, 0.717) is 5.11 Å². The molecule has 1 atom stereocenters. The molecule has 0 spiro atoms. The van der Waals surface area contributed by atoms with Crippen LogP contribution in [0.5, 0.6) is 0 Å². The van der Waals surface area contributed by atoms with E-state index in [4.69, 9.17) is 12.2 Å². The van der Waals surface area contributed by atoms with Gasteiger partial charge in [0.2, 0.25) is 0 Å². The second-order valence-corrected chi connectivity index (χ2v) is 7.01. The number of hydrogen-bond donors (Lipinski definition) is 2. The third-order valence-electron chi connectivity index (χ3n) is 4.67. The molecule has 0 aliphatic carbocycles. The number of benzene rings is 3. The topological polar surface area (TPSA) is 24.1 Å². The van der Waals surface area contributed by atoms with Crippen molar-refractivity contribution in [2.24, 2.45) is 0 Å². The number of aryl methyl sites for hydroxylation is 2. The van der Waals surface area contributed by atoms with Crippen LogP contribution in [0.15, 0.2) is 72.8 Å². The van der Waals surface area contributed by atoms with Gasteiger partial charge in [-0.1, -0.05) is 72.3 Å². The first-order valence-corrected chi connectivity index (χ1v) is 9.20. The lowest BCUT2D eigenvalue weighted by atomic mass is 9.98. The van der Waals surface area contributed by atoms with Gasteiger partial charge in [0, 0.05) is 5.69 Å². The van der Waals surface area contributed by atoms with Gasteiger partial charge in [0.15, 0.2) is 5.11 Å². The Bertz CT molecular complexity index is 886. The highest BCUT2D eigenvalue weighted by atomic mass is 32.1. The second-order valence-electron chi connectivity index (χ2n) is 6.60. The molecule has 3 heteroatoms. The first-order valence-electron chi connectivity index (χ1n) is 8.80. The average Bonchev–Trinajstić information content (AvgIpc) is 2.65. The third-order valence-corrected chi connectivity index (χ3v) is 4.89. The molecule has 3 rings (SSSR count). The summed E-state index contributed by atoms with van der Waals surface area (Å²) in [6.45, 7) is 6.31. The zero-order valence-corrected chi connectivity index (χ0v) is 16.2. The van der Waals surface area contributed by atoms with Crippen molar-refractivity contribution >= 4 is 23.0 Å². The highest BCUT2D eigenvalue weighted by Crippen LogP contribution is 2.23. The highest BCUT2D eigenvalue weighted by Gasteiger charge is 2.15. The highest BCUT2D eigenvalue weighted by molar-refractivity contribution is 7.80. The molecule has 0 aromatic heterocycles. The molecule has 2 nitrogen and oxygen atoms in total. The summed E-state index contributed by atoms with van der Waals surface area (Å²) in [6.07, 6.45) is 0. The molecule has 3 aromatic rings. The molecule has 0 radical (unpaired) electrons. The van der Waals surface area contributed by atoms with Gasteiger partial charge in [0.25, 0.3) is 0 Å². The molecule has 0 bridgehead atoms. The molecule has 132 valence electrons. The fraction of sp³-hybridized carbons (Fsp3) is 0.174. The predicted molar refractivity (Wildman–Crippen MR) is 115 cm³/mol. The van der Waals surface area contributed by atoms with Crippen molar-refractivity contribution < 1.29 is 0 Å². The van der Waals surface area contributed by atoms with Gasteiger partial charge in [-0.15, -0.1) is 0 Å². The predicted octanol–water partition coefficient (Wildman–Crippen LogP) is 5.69. The van der Waals surface area contributed by atoms with E-state index >= 15 is 0 Å². The zero-order valence-electron chi connectivity index (χ0n) is 15.4. The molecule has 2 N–H and O–H groups in total. The average molecular weight is 361 g/mol. The van der Waals surface area contributed by atoms with E-state index in [1.807, 2.05) is 12.1 Å². The summed E-state index contributed by atoms with van der Waals surface area (Å²) in [6, 6.07) is 25.2. The molecular weight excluding hydrogens is 336 g/mol. The summed E-state index contributed by atoms with van der Waals surface area (Å²) < 4.78 is 0. The van der Waals surface area contributed by atoms with Gasteiger partial charge in [-0.25, -0.2) is 0 Å². The Morgan fingerprint density at radius 2 is 1.42 bits per heavy atom. The van der Waals surface area contributed by atoms with Gasteiger partial charge in [0.1, 0.15) is 0 Å². The van der Waals surface area contributed by atoms with Crippen LogP contribution in [0.1, 0.15) is 33.9 Å². The van der Waals surface area contributed by atoms with Crippen molar-refractivity contribution in [3.8, 4) is 0 Å². The van der Waals surface area contributed by atoms with Crippen molar-refractivity contribution in [1.82, 2.24) is 5.32 Å². The van der Waals surface area contributed by atoms with Crippen LogP contribution in [0.25, 0.3) is 0 Å². The second kappa shape index (κ2) is 8.15.